The summed E-state index contributed by atoms with van der Waals surface area (Å²) in [6.45, 7) is 1.89. The third-order valence-corrected chi connectivity index (χ3v) is 2.75. The molecule has 0 aliphatic rings. The number of phenolic OH excluding ortho intramolecular Hbond substituents is 3. The monoisotopic (exact) mass is 230 g/mol. The minimum atomic E-state index is 0.0791. The van der Waals surface area contributed by atoms with Gasteiger partial charge in [0.05, 0.1) is 0 Å². The first kappa shape index (κ1) is 11.3. The van der Waals surface area contributed by atoms with Crippen LogP contribution in [0.15, 0.2) is 36.4 Å². The van der Waals surface area contributed by atoms with E-state index in [4.69, 9.17) is 0 Å². The van der Waals surface area contributed by atoms with Crippen molar-refractivity contribution in [2.45, 2.75) is 13.3 Å². The number of aryl methyl sites for hydroxylation is 1. The maximum atomic E-state index is 10.1. The molecule has 0 unspecified atom stereocenters. The number of rotatable bonds is 2. The van der Waals surface area contributed by atoms with Crippen LogP contribution in [0.5, 0.6) is 17.2 Å². The molecule has 0 heterocycles. The number of hydrogen-bond acceptors (Lipinski definition) is 3. The predicted octanol–water partition coefficient (Wildman–Crippen LogP) is 3.03. The molecule has 0 bridgehead atoms. The van der Waals surface area contributed by atoms with Gasteiger partial charge in [-0.25, -0.2) is 0 Å². The molecular formula is C14H14O3. The average molecular weight is 230 g/mol. The van der Waals surface area contributed by atoms with Crippen LogP contribution < -0.4 is 0 Å². The standard InChI is InChI=1S/C14H14O3/c1-2-9-7-10(15)8-12(14(9)17)11-5-3-4-6-13(11)16/h3-8,15-17H,2H2,1H3. The number of hydrogen-bond donors (Lipinski definition) is 3. The van der Waals surface area contributed by atoms with Crippen LogP contribution in [0.25, 0.3) is 11.1 Å². The van der Waals surface area contributed by atoms with Gasteiger partial charge >= 0.3 is 0 Å². The Balaban J connectivity index is 2.67. The normalized spacial score (nSPS) is 10.4. The predicted molar refractivity (Wildman–Crippen MR) is 66.3 cm³/mol. The van der Waals surface area contributed by atoms with Crippen LogP contribution in [0.2, 0.25) is 0 Å². The van der Waals surface area contributed by atoms with Crippen LogP contribution in [-0.2, 0) is 6.42 Å². The van der Waals surface area contributed by atoms with E-state index in [-0.39, 0.29) is 17.2 Å². The van der Waals surface area contributed by atoms with Crippen molar-refractivity contribution in [3.05, 3.63) is 42.0 Å². The van der Waals surface area contributed by atoms with Gasteiger partial charge in [-0.2, -0.15) is 0 Å². The van der Waals surface area contributed by atoms with Crippen molar-refractivity contribution in [1.29, 1.82) is 0 Å². The van der Waals surface area contributed by atoms with E-state index in [2.05, 4.69) is 0 Å². The maximum Gasteiger partial charge on any atom is 0.126 e. The molecule has 0 saturated carbocycles. The SMILES string of the molecule is CCc1cc(O)cc(-c2ccccc2O)c1O. The zero-order chi connectivity index (χ0) is 12.4. The van der Waals surface area contributed by atoms with Crippen molar-refractivity contribution in [2.24, 2.45) is 0 Å². The lowest BCUT2D eigenvalue weighted by Gasteiger charge is -2.11. The fraction of sp³-hybridized carbons (Fsp3) is 0.143. The second-order valence-electron chi connectivity index (χ2n) is 3.87. The van der Waals surface area contributed by atoms with E-state index < -0.39 is 0 Å². The second-order valence-corrected chi connectivity index (χ2v) is 3.87. The van der Waals surface area contributed by atoms with E-state index in [1.54, 1.807) is 24.3 Å². The molecule has 0 atom stereocenters. The summed E-state index contributed by atoms with van der Waals surface area (Å²) in [4.78, 5) is 0. The first-order chi connectivity index (χ1) is 8.13. The Hall–Kier alpha value is -2.16. The molecule has 3 N–H and O–H groups in total. The number of para-hydroxylation sites is 1. The first-order valence-electron chi connectivity index (χ1n) is 5.46. The highest BCUT2D eigenvalue weighted by atomic mass is 16.3. The lowest BCUT2D eigenvalue weighted by molar-refractivity contribution is 0.454. The fourth-order valence-electron chi connectivity index (χ4n) is 1.85. The molecule has 0 saturated heterocycles. The summed E-state index contributed by atoms with van der Waals surface area (Å²) in [5.41, 5.74) is 1.61. The number of benzene rings is 2. The molecule has 3 nitrogen and oxygen atoms in total. The highest BCUT2D eigenvalue weighted by Crippen LogP contribution is 2.39. The molecule has 17 heavy (non-hydrogen) atoms. The molecule has 0 aliphatic carbocycles. The van der Waals surface area contributed by atoms with E-state index in [9.17, 15) is 15.3 Å². The Morgan fingerprint density at radius 1 is 0.941 bits per heavy atom. The largest absolute Gasteiger partial charge is 0.508 e. The summed E-state index contributed by atoms with van der Waals surface area (Å²) >= 11 is 0. The van der Waals surface area contributed by atoms with Crippen LogP contribution in [0.3, 0.4) is 0 Å². The minimum absolute atomic E-state index is 0.0791. The molecule has 3 heteroatoms. The molecule has 88 valence electrons. The summed E-state index contributed by atoms with van der Waals surface area (Å²) < 4.78 is 0. The molecule has 0 fully saturated rings. The lowest BCUT2D eigenvalue weighted by atomic mass is 9.99. The third-order valence-electron chi connectivity index (χ3n) is 2.75. The van der Waals surface area contributed by atoms with Crippen LogP contribution in [0.1, 0.15) is 12.5 Å². The van der Waals surface area contributed by atoms with Crippen LogP contribution in [0.4, 0.5) is 0 Å². The molecule has 0 aromatic heterocycles. The number of phenols is 3. The quantitative estimate of drug-likeness (QED) is 0.695. The van der Waals surface area contributed by atoms with Gasteiger partial charge in [-0.05, 0) is 30.2 Å². The lowest BCUT2D eigenvalue weighted by Crippen LogP contribution is -1.87. The van der Waals surface area contributed by atoms with Gasteiger partial charge in [-0.15, -0.1) is 0 Å². The van der Waals surface area contributed by atoms with E-state index in [0.717, 1.165) is 0 Å². The van der Waals surface area contributed by atoms with Crippen LogP contribution >= 0.6 is 0 Å². The Morgan fingerprint density at radius 3 is 2.29 bits per heavy atom. The molecule has 0 radical (unpaired) electrons. The van der Waals surface area contributed by atoms with Gasteiger partial charge < -0.3 is 15.3 Å². The molecule has 2 rings (SSSR count). The van der Waals surface area contributed by atoms with Gasteiger partial charge in [0, 0.05) is 11.1 Å². The zero-order valence-corrected chi connectivity index (χ0v) is 9.51. The van der Waals surface area contributed by atoms with Crippen molar-refractivity contribution in [3.63, 3.8) is 0 Å². The van der Waals surface area contributed by atoms with Gasteiger partial charge in [0.2, 0.25) is 0 Å². The van der Waals surface area contributed by atoms with Crippen molar-refractivity contribution in [3.8, 4) is 28.4 Å². The van der Waals surface area contributed by atoms with Gasteiger partial charge in [0.25, 0.3) is 0 Å². The highest BCUT2D eigenvalue weighted by Gasteiger charge is 2.13. The molecular weight excluding hydrogens is 216 g/mol. The fourth-order valence-corrected chi connectivity index (χ4v) is 1.85. The summed E-state index contributed by atoms with van der Waals surface area (Å²) in [7, 11) is 0. The van der Waals surface area contributed by atoms with Crippen molar-refractivity contribution < 1.29 is 15.3 Å². The van der Waals surface area contributed by atoms with E-state index in [1.807, 2.05) is 6.92 Å². The first-order valence-corrected chi connectivity index (χ1v) is 5.46. The van der Waals surface area contributed by atoms with Crippen molar-refractivity contribution >= 4 is 0 Å². The van der Waals surface area contributed by atoms with Crippen LogP contribution in [-0.4, -0.2) is 15.3 Å². The summed E-state index contributed by atoms with van der Waals surface area (Å²) in [6.07, 6.45) is 0.612. The average Bonchev–Trinajstić information content (AvgIpc) is 2.32. The van der Waals surface area contributed by atoms with Crippen molar-refractivity contribution in [1.82, 2.24) is 0 Å². The summed E-state index contributed by atoms with van der Waals surface area (Å²) in [5, 5.41) is 29.4. The van der Waals surface area contributed by atoms with E-state index >= 15 is 0 Å². The van der Waals surface area contributed by atoms with Gasteiger partial charge in [-0.1, -0.05) is 25.1 Å². The zero-order valence-electron chi connectivity index (χ0n) is 9.51. The maximum absolute atomic E-state index is 10.1. The molecule has 0 spiro atoms. The van der Waals surface area contributed by atoms with E-state index in [0.29, 0.717) is 23.1 Å². The topological polar surface area (TPSA) is 60.7 Å². The molecule has 0 aliphatic heterocycles. The molecule has 2 aromatic rings. The minimum Gasteiger partial charge on any atom is -0.508 e. The van der Waals surface area contributed by atoms with Crippen molar-refractivity contribution in [2.75, 3.05) is 0 Å². The Morgan fingerprint density at radius 2 is 1.65 bits per heavy atom. The Kier molecular flexibility index (Phi) is 2.91. The van der Waals surface area contributed by atoms with Gasteiger partial charge in [0.15, 0.2) is 0 Å². The summed E-state index contributed by atoms with van der Waals surface area (Å²) in [6, 6.07) is 9.69. The van der Waals surface area contributed by atoms with Crippen LogP contribution in [0, 0.1) is 0 Å². The van der Waals surface area contributed by atoms with Gasteiger partial charge in [0.1, 0.15) is 17.2 Å². The third kappa shape index (κ3) is 2.04. The molecule has 0 amide bonds. The molecule has 2 aromatic carbocycles. The smallest absolute Gasteiger partial charge is 0.126 e. The number of aromatic hydroxyl groups is 3. The Bertz CT molecular complexity index is 547. The Labute approximate surface area is 99.6 Å². The van der Waals surface area contributed by atoms with Gasteiger partial charge in [-0.3, -0.25) is 0 Å². The second kappa shape index (κ2) is 4.37. The summed E-state index contributed by atoms with van der Waals surface area (Å²) in [5.74, 6) is 0.264. The highest BCUT2D eigenvalue weighted by molar-refractivity contribution is 5.77. The van der Waals surface area contributed by atoms with E-state index in [1.165, 1.54) is 12.1 Å².